The van der Waals surface area contributed by atoms with E-state index in [9.17, 15) is 19.2 Å². The van der Waals surface area contributed by atoms with Gasteiger partial charge in [-0.1, -0.05) is 6.92 Å². The Morgan fingerprint density at radius 2 is 1.82 bits per heavy atom. The van der Waals surface area contributed by atoms with E-state index in [1.165, 1.54) is 32.6 Å². The van der Waals surface area contributed by atoms with Crippen LogP contribution in [0, 0.1) is 29.1 Å². The Bertz CT molecular complexity index is 1330. The third-order valence-corrected chi connectivity index (χ3v) is 10.2. The first kappa shape index (κ1) is 26.9. The minimum Gasteiger partial charge on any atom is -0.486 e. The van der Waals surface area contributed by atoms with Crippen LogP contribution in [0.1, 0.15) is 66.1 Å². The largest absolute Gasteiger partial charge is 0.486 e. The van der Waals surface area contributed by atoms with Crippen LogP contribution in [0.15, 0.2) is 34.8 Å². The zero-order valence-corrected chi connectivity index (χ0v) is 23.6. The Morgan fingerprint density at radius 1 is 1.10 bits per heavy atom. The van der Waals surface area contributed by atoms with E-state index in [2.05, 4.69) is 0 Å². The molecular weight excluding hydrogens is 524 g/mol. The van der Waals surface area contributed by atoms with Crippen molar-refractivity contribution in [3.63, 3.8) is 0 Å². The van der Waals surface area contributed by atoms with Crippen molar-refractivity contribution in [3.8, 4) is 0 Å². The molecule has 6 aliphatic rings. The fourth-order valence-corrected chi connectivity index (χ4v) is 8.44. The van der Waals surface area contributed by atoms with Crippen molar-refractivity contribution in [2.75, 3.05) is 7.11 Å². The average Bonchev–Trinajstić information content (AvgIpc) is 3.56. The van der Waals surface area contributed by atoms with Crippen molar-refractivity contribution in [3.05, 3.63) is 36.0 Å². The van der Waals surface area contributed by atoms with E-state index >= 15 is 0 Å². The molecule has 0 aromatic carbocycles. The lowest BCUT2D eigenvalue weighted by Crippen LogP contribution is -2.82. The molecule has 11 heteroatoms. The summed E-state index contributed by atoms with van der Waals surface area (Å²) in [6, 6.07) is 1.70. The Kier molecular flexibility index (Phi) is 5.45. The Morgan fingerprint density at radius 3 is 2.45 bits per heavy atom. The number of hydrogen-bond donors (Lipinski definition) is 0. The van der Waals surface area contributed by atoms with Gasteiger partial charge in [-0.3, -0.25) is 9.59 Å². The molecule has 1 aliphatic carbocycles. The molecule has 5 fully saturated rings. The van der Waals surface area contributed by atoms with Crippen LogP contribution in [-0.4, -0.2) is 53.6 Å². The maximum absolute atomic E-state index is 14.3. The highest BCUT2D eigenvalue weighted by Gasteiger charge is 2.91. The van der Waals surface area contributed by atoms with Crippen LogP contribution in [0.25, 0.3) is 0 Å². The molecule has 9 unspecified atom stereocenters. The highest BCUT2D eigenvalue weighted by Crippen LogP contribution is 2.76. The lowest BCUT2D eigenvalue weighted by atomic mass is 9.43. The summed E-state index contributed by atoms with van der Waals surface area (Å²) in [4.78, 5) is 52.8. The average molecular weight is 559 g/mol. The summed E-state index contributed by atoms with van der Waals surface area (Å²) >= 11 is 0. The van der Waals surface area contributed by atoms with Gasteiger partial charge in [-0.25, -0.2) is 9.59 Å². The van der Waals surface area contributed by atoms with Crippen LogP contribution in [0.3, 0.4) is 0 Å². The molecule has 6 heterocycles. The molecule has 11 nitrogen and oxygen atoms in total. The SMILES string of the molecule is COC(=O)C12OC3(C)OC(=O)C(C)(C3CC1C(C)C(OC(C)=O)c1ccoc1)C21CC2C(=CC(=O)OC2(C)C)O1. The second-order valence-corrected chi connectivity index (χ2v) is 12.5. The van der Waals surface area contributed by atoms with Crippen LogP contribution in [0.5, 0.6) is 0 Å². The summed E-state index contributed by atoms with van der Waals surface area (Å²) in [7, 11) is 1.25. The summed E-state index contributed by atoms with van der Waals surface area (Å²) in [6.07, 6.45) is 3.87. The molecule has 0 N–H and O–H groups in total. The molecule has 7 rings (SSSR count). The topological polar surface area (TPSA) is 137 Å². The first-order valence-electron chi connectivity index (χ1n) is 13.5. The second-order valence-electron chi connectivity index (χ2n) is 12.5. The molecule has 216 valence electrons. The third-order valence-electron chi connectivity index (χ3n) is 10.2. The second kappa shape index (κ2) is 8.11. The fraction of sp³-hybridized carbons (Fsp3) is 0.655. The van der Waals surface area contributed by atoms with Crippen molar-refractivity contribution in [2.24, 2.45) is 29.1 Å². The molecule has 4 saturated heterocycles. The predicted octanol–water partition coefficient (Wildman–Crippen LogP) is 3.37. The van der Waals surface area contributed by atoms with Gasteiger partial charge < -0.3 is 32.8 Å². The quantitative estimate of drug-likeness (QED) is 0.388. The lowest BCUT2D eigenvalue weighted by Gasteiger charge is -2.66. The number of fused-ring (bicyclic) bond motifs is 2. The molecule has 5 aliphatic heterocycles. The van der Waals surface area contributed by atoms with Crippen molar-refractivity contribution >= 4 is 23.9 Å². The van der Waals surface area contributed by atoms with Gasteiger partial charge in [0.15, 0.2) is 5.60 Å². The summed E-state index contributed by atoms with van der Waals surface area (Å²) in [6.45, 7) is 10.1. The molecule has 0 amide bonds. The van der Waals surface area contributed by atoms with Crippen LogP contribution < -0.4 is 0 Å². The molecular formula is C29H34O11. The number of rotatable bonds is 5. The van der Waals surface area contributed by atoms with Crippen LogP contribution in [0.4, 0.5) is 0 Å². The van der Waals surface area contributed by atoms with Gasteiger partial charge in [0.25, 0.3) is 0 Å². The highest BCUT2D eigenvalue weighted by atomic mass is 16.8. The van der Waals surface area contributed by atoms with Crippen LogP contribution >= 0.6 is 0 Å². The maximum atomic E-state index is 14.3. The van der Waals surface area contributed by atoms with Crippen molar-refractivity contribution in [2.45, 2.75) is 83.1 Å². The number of ether oxygens (including phenoxy) is 6. The van der Waals surface area contributed by atoms with Crippen molar-refractivity contribution in [1.82, 2.24) is 0 Å². The number of cyclic esters (lactones) is 1. The van der Waals surface area contributed by atoms with E-state index in [1.807, 2.05) is 6.92 Å². The summed E-state index contributed by atoms with van der Waals surface area (Å²) in [5.41, 5.74) is -5.23. The lowest BCUT2D eigenvalue weighted by molar-refractivity contribution is -0.395. The van der Waals surface area contributed by atoms with Crippen LogP contribution in [-0.2, 0) is 47.6 Å². The molecule has 1 spiro atoms. The zero-order chi connectivity index (χ0) is 29.0. The van der Waals surface area contributed by atoms with Gasteiger partial charge in [0.1, 0.15) is 22.9 Å². The molecule has 1 aromatic heterocycles. The van der Waals surface area contributed by atoms with Gasteiger partial charge in [-0.15, -0.1) is 0 Å². The first-order valence-corrected chi connectivity index (χ1v) is 13.5. The Hall–Kier alpha value is -3.34. The minimum atomic E-state index is -1.88. The zero-order valence-electron chi connectivity index (χ0n) is 23.6. The normalized spacial score (nSPS) is 41.8. The number of hydrogen-bond acceptors (Lipinski definition) is 11. The maximum Gasteiger partial charge on any atom is 0.342 e. The van der Waals surface area contributed by atoms with Crippen LogP contribution in [0.2, 0.25) is 0 Å². The van der Waals surface area contributed by atoms with E-state index in [0.717, 1.165) is 0 Å². The summed E-state index contributed by atoms with van der Waals surface area (Å²) < 4.78 is 41.6. The van der Waals surface area contributed by atoms with Gasteiger partial charge in [0.2, 0.25) is 11.4 Å². The van der Waals surface area contributed by atoms with E-state index in [4.69, 9.17) is 32.8 Å². The number of furan rings is 1. The molecule has 1 aromatic rings. The third kappa shape index (κ3) is 3.04. The Balaban J connectivity index is 1.58. The van der Waals surface area contributed by atoms with E-state index in [1.54, 1.807) is 33.8 Å². The van der Waals surface area contributed by atoms with Gasteiger partial charge in [0, 0.05) is 43.6 Å². The molecule has 0 radical (unpaired) electrons. The summed E-state index contributed by atoms with van der Waals surface area (Å²) in [5.74, 6) is -5.69. The van der Waals surface area contributed by atoms with E-state index in [0.29, 0.717) is 17.7 Å². The smallest absolute Gasteiger partial charge is 0.342 e. The van der Waals surface area contributed by atoms with E-state index in [-0.39, 0.29) is 6.42 Å². The fourth-order valence-electron chi connectivity index (χ4n) is 8.44. The Labute approximate surface area is 231 Å². The standard InChI is InChI=1S/C29H34O11/c1-14(22(36-15(2)30)16-8-9-35-13-16)17-10-20-26(5)23(32)39-27(20,6)40-29(17,24(33)34-7)28(26)12-18-19(37-28)11-21(31)38-25(18,3)4/h8-9,11,13-14,17-18,20,22H,10,12H2,1-7H3. The summed E-state index contributed by atoms with van der Waals surface area (Å²) in [5, 5.41) is 0. The van der Waals surface area contributed by atoms with Crippen molar-refractivity contribution in [1.29, 1.82) is 0 Å². The minimum absolute atomic E-state index is 0.125. The highest BCUT2D eigenvalue weighted by molar-refractivity contribution is 5.91. The van der Waals surface area contributed by atoms with E-state index < -0.39 is 81.7 Å². The number of esters is 4. The van der Waals surface area contributed by atoms with Gasteiger partial charge in [0.05, 0.1) is 31.6 Å². The molecule has 1 saturated carbocycles. The van der Waals surface area contributed by atoms with Gasteiger partial charge in [-0.2, -0.15) is 0 Å². The number of carbonyl (C=O) groups is 4. The van der Waals surface area contributed by atoms with Gasteiger partial charge in [-0.05, 0) is 33.3 Å². The monoisotopic (exact) mass is 558 g/mol. The molecule has 4 bridgehead atoms. The number of carbonyl (C=O) groups excluding carboxylic acids is 4. The molecule has 9 atom stereocenters. The number of methoxy groups -OCH3 is 1. The van der Waals surface area contributed by atoms with Crippen molar-refractivity contribution < 1.29 is 52.0 Å². The van der Waals surface area contributed by atoms with Gasteiger partial charge >= 0.3 is 23.9 Å². The first-order chi connectivity index (χ1) is 18.7. The predicted molar refractivity (Wildman–Crippen MR) is 133 cm³/mol. The molecule has 40 heavy (non-hydrogen) atoms.